The first-order valence-corrected chi connectivity index (χ1v) is 8.47. The molecule has 0 bridgehead atoms. The van der Waals surface area contributed by atoms with E-state index in [-0.39, 0.29) is 18.4 Å². The van der Waals surface area contributed by atoms with Gasteiger partial charge in [0, 0.05) is 16.6 Å². The minimum absolute atomic E-state index is 0.0180. The predicted octanol–water partition coefficient (Wildman–Crippen LogP) is 3.72. The molecule has 0 aromatic heterocycles. The fourth-order valence-electron chi connectivity index (χ4n) is 2.47. The van der Waals surface area contributed by atoms with Gasteiger partial charge in [-0.2, -0.15) is 0 Å². The molecule has 2 aromatic carbocycles. The van der Waals surface area contributed by atoms with Crippen molar-refractivity contribution >= 4 is 39.1 Å². The lowest BCUT2D eigenvalue weighted by Gasteiger charge is -2.30. The molecule has 0 radical (unpaired) electrons. The van der Waals surface area contributed by atoms with Crippen LogP contribution < -0.4 is 15.0 Å². The smallest absolute Gasteiger partial charge is 0.265 e. The highest BCUT2D eigenvalue weighted by Gasteiger charge is 2.26. The molecule has 0 saturated carbocycles. The van der Waals surface area contributed by atoms with E-state index in [9.17, 15) is 9.59 Å². The van der Waals surface area contributed by atoms with Crippen LogP contribution in [0.3, 0.4) is 0 Å². The van der Waals surface area contributed by atoms with E-state index in [1.807, 2.05) is 24.3 Å². The van der Waals surface area contributed by atoms with Crippen LogP contribution in [0.4, 0.5) is 11.4 Å². The first-order chi connectivity index (χ1) is 11.6. The molecule has 124 valence electrons. The van der Waals surface area contributed by atoms with E-state index in [0.717, 1.165) is 10.0 Å². The van der Waals surface area contributed by atoms with E-state index in [2.05, 4.69) is 21.2 Å². The summed E-state index contributed by atoms with van der Waals surface area (Å²) < 4.78 is 6.49. The number of nitrogens with one attached hydrogen (secondary N) is 1. The highest BCUT2D eigenvalue weighted by Crippen LogP contribution is 2.35. The van der Waals surface area contributed by atoms with Crippen LogP contribution in [0, 0.1) is 0 Å². The molecule has 6 heteroatoms. The second-order valence-corrected chi connectivity index (χ2v) is 6.39. The van der Waals surface area contributed by atoms with Crippen molar-refractivity contribution in [2.75, 3.05) is 16.8 Å². The van der Waals surface area contributed by atoms with E-state index in [0.29, 0.717) is 30.1 Å². The van der Waals surface area contributed by atoms with E-state index in [1.165, 1.54) is 0 Å². The summed E-state index contributed by atoms with van der Waals surface area (Å²) in [6, 6.07) is 13.2. The van der Waals surface area contributed by atoms with Gasteiger partial charge in [0.1, 0.15) is 5.75 Å². The maximum Gasteiger partial charge on any atom is 0.265 e. The molecule has 0 saturated heterocycles. The number of hydrogen-bond acceptors (Lipinski definition) is 3. The number of carbonyl (C=O) groups is 2. The zero-order valence-corrected chi connectivity index (χ0v) is 14.8. The number of amides is 2. The predicted molar refractivity (Wildman–Crippen MR) is 96.2 cm³/mol. The Labute approximate surface area is 148 Å². The molecule has 1 N–H and O–H groups in total. The van der Waals surface area contributed by atoms with Crippen LogP contribution in [-0.4, -0.2) is 18.4 Å². The second kappa shape index (κ2) is 7.05. The van der Waals surface area contributed by atoms with Crippen LogP contribution in [0.2, 0.25) is 0 Å². The molecule has 1 aliphatic rings. The van der Waals surface area contributed by atoms with E-state index in [1.54, 1.807) is 30.0 Å². The topological polar surface area (TPSA) is 58.6 Å². The van der Waals surface area contributed by atoms with Crippen LogP contribution in [0.1, 0.15) is 18.9 Å². The molecular formula is C18H17BrN2O3. The average molecular weight is 389 g/mol. The largest absolute Gasteiger partial charge is 0.482 e. The van der Waals surface area contributed by atoms with Crippen molar-refractivity contribution in [3.05, 3.63) is 52.5 Å². The fourth-order valence-corrected chi connectivity index (χ4v) is 2.74. The van der Waals surface area contributed by atoms with Gasteiger partial charge in [-0.1, -0.05) is 35.0 Å². The summed E-state index contributed by atoms with van der Waals surface area (Å²) in [5.74, 6) is 0.461. The summed E-state index contributed by atoms with van der Waals surface area (Å²) in [5, 5.41) is 2.81. The van der Waals surface area contributed by atoms with Gasteiger partial charge in [-0.3, -0.25) is 9.59 Å². The molecule has 5 nitrogen and oxygen atoms in total. The average Bonchev–Trinajstić information content (AvgIpc) is 2.59. The third kappa shape index (κ3) is 3.59. The summed E-state index contributed by atoms with van der Waals surface area (Å²) in [7, 11) is 0. The van der Waals surface area contributed by atoms with Gasteiger partial charge >= 0.3 is 0 Å². The zero-order chi connectivity index (χ0) is 17.1. The standard InChI is InChI=1S/C18H17BrN2O3/c1-2-17(22)20-14-7-8-16-15(9-14)21(18(23)11-24-16)10-12-3-5-13(19)6-4-12/h3-9H,2,10-11H2,1H3,(H,20,22). The monoisotopic (exact) mass is 388 g/mol. The van der Waals surface area contributed by atoms with Gasteiger partial charge < -0.3 is 15.0 Å². The quantitative estimate of drug-likeness (QED) is 0.867. The van der Waals surface area contributed by atoms with Gasteiger partial charge in [0.25, 0.3) is 5.91 Å². The minimum atomic E-state index is -0.107. The number of hydrogen-bond donors (Lipinski definition) is 1. The first kappa shape index (κ1) is 16.5. The lowest BCUT2D eigenvalue weighted by atomic mass is 10.1. The molecule has 0 atom stereocenters. The van der Waals surface area contributed by atoms with Gasteiger partial charge in [-0.25, -0.2) is 0 Å². The Balaban J connectivity index is 1.90. The van der Waals surface area contributed by atoms with Crippen LogP contribution in [0.5, 0.6) is 5.75 Å². The first-order valence-electron chi connectivity index (χ1n) is 7.68. The Morgan fingerprint density at radius 3 is 2.71 bits per heavy atom. The highest BCUT2D eigenvalue weighted by atomic mass is 79.9. The van der Waals surface area contributed by atoms with Crippen molar-refractivity contribution in [3.8, 4) is 5.75 Å². The number of ether oxygens (including phenoxy) is 1. The molecule has 0 spiro atoms. The van der Waals surface area contributed by atoms with Crippen molar-refractivity contribution in [2.24, 2.45) is 0 Å². The minimum Gasteiger partial charge on any atom is -0.482 e. The van der Waals surface area contributed by atoms with Crippen LogP contribution >= 0.6 is 15.9 Å². The Kier molecular flexibility index (Phi) is 4.85. The summed E-state index contributed by atoms with van der Waals surface area (Å²) >= 11 is 3.41. The molecule has 1 aliphatic heterocycles. The molecular weight excluding hydrogens is 372 g/mol. The molecule has 0 fully saturated rings. The second-order valence-electron chi connectivity index (χ2n) is 5.48. The molecule has 2 aromatic rings. The molecule has 0 unspecified atom stereocenters. The Morgan fingerprint density at radius 1 is 1.25 bits per heavy atom. The van der Waals surface area contributed by atoms with Crippen LogP contribution in [-0.2, 0) is 16.1 Å². The number of halogens is 1. The molecule has 1 heterocycles. The molecule has 3 rings (SSSR count). The number of fused-ring (bicyclic) bond motifs is 1. The van der Waals surface area contributed by atoms with Gasteiger partial charge in [-0.05, 0) is 35.9 Å². The lowest BCUT2D eigenvalue weighted by Crippen LogP contribution is -2.38. The number of anilines is 2. The summed E-state index contributed by atoms with van der Waals surface area (Å²) in [4.78, 5) is 25.6. The van der Waals surface area contributed by atoms with Gasteiger partial charge in [0.05, 0.1) is 12.2 Å². The van der Waals surface area contributed by atoms with Crippen molar-refractivity contribution < 1.29 is 14.3 Å². The SMILES string of the molecule is CCC(=O)Nc1ccc2c(c1)N(Cc1ccc(Br)cc1)C(=O)CO2. The van der Waals surface area contributed by atoms with E-state index >= 15 is 0 Å². The lowest BCUT2D eigenvalue weighted by molar-refractivity contribution is -0.121. The van der Waals surface area contributed by atoms with Crippen LogP contribution in [0.15, 0.2) is 46.9 Å². The number of rotatable bonds is 4. The fraction of sp³-hybridized carbons (Fsp3) is 0.222. The Bertz CT molecular complexity index is 774. The Hall–Kier alpha value is -2.34. The van der Waals surface area contributed by atoms with Crippen LogP contribution in [0.25, 0.3) is 0 Å². The van der Waals surface area contributed by atoms with Crippen molar-refractivity contribution in [2.45, 2.75) is 19.9 Å². The maximum absolute atomic E-state index is 12.3. The number of benzene rings is 2. The third-order valence-electron chi connectivity index (χ3n) is 3.76. The summed E-state index contributed by atoms with van der Waals surface area (Å²) in [6.45, 7) is 2.26. The van der Waals surface area contributed by atoms with Crippen molar-refractivity contribution in [1.29, 1.82) is 0 Å². The number of nitrogens with zero attached hydrogens (tertiary/aromatic N) is 1. The summed E-state index contributed by atoms with van der Waals surface area (Å²) in [6.07, 6.45) is 0.398. The van der Waals surface area contributed by atoms with Crippen molar-refractivity contribution in [1.82, 2.24) is 0 Å². The van der Waals surface area contributed by atoms with Gasteiger partial charge in [0.2, 0.25) is 5.91 Å². The van der Waals surface area contributed by atoms with Gasteiger partial charge in [-0.15, -0.1) is 0 Å². The van der Waals surface area contributed by atoms with E-state index in [4.69, 9.17) is 4.74 Å². The van der Waals surface area contributed by atoms with Gasteiger partial charge in [0.15, 0.2) is 6.61 Å². The van der Waals surface area contributed by atoms with E-state index < -0.39 is 0 Å². The molecule has 2 amide bonds. The van der Waals surface area contributed by atoms with Crippen molar-refractivity contribution in [3.63, 3.8) is 0 Å². The highest BCUT2D eigenvalue weighted by molar-refractivity contribution is 9.10. The normalized spacial score (nSPS) is 13.2. The molecule has 0 aliphatic carbocycles. The summed E-state index contributed by atoms with van der Waals surface area (Å²) in [5.41, 5.74) is 2.34. The Morgan fingerprint density at radius 2 is 2.00 bits per heavy atom. The zero-order valence-electron chi connectivity index (χ0n) is 13.2. The maximum atomic E-state index is 12.3. The third-order valence-corrected chi connectivity index (χ3v) is 4.29. The number of carbonyl (C=O) groups excluding carboxylic acids is 2. The molecule has 24 heavy (non-hydrogen) atoms.